The summed E-state index contributed by atoms with van der Waals surface area (Å²) >= 11 is 5.99. The van der Waals surface area contributed by atoms with Gasteiger partial charge in [-0.1, -0.05) is 18.5 Å². The number of benzene rings is 1. The van der Waals surface area contributed by atoms with Crippen molar-refractivity contribution in [3.63, 3.8) is 0 Å². The molecule has 0 heterocycles. The fourth-order valence-electron chi connectivity index (χ4n) is 1.47. The molecule has 0 aromatic heterocycles. The highest BCUT2D eigenvalue weighted by atomic mass is 35.5. The van der Waals surface area contributed by atoms with Gasteiger partial charge < -0.3 is 5.73 Å². The third kappa shape index (κ3) is 3.87. The predicted octanol–water partition coefficient (Wildman–Crippen LogP) is 2.09. The monoisotopic (exact) mass is 276 g/mol. The van der Waals surface area contributed by atoms with E-state index in [9.17, 15) is 8.42 Å². The molecule has 1 aromatic carbocycles. The molecule has 0 unspecified atom stereocenters. The summed E-state index contributed by atoms with van der Waals surface area (Å²) in [6.45, 7) is 2.07. The second-order valence-electron chi connectivity index (χ2n) is 3.92. The molecule has 0 aliphatic carbocycles. The van der Waals surface area contributed by atoms with Crippen LogP contribution in [0.2, 0.25) is 5.02 Å². The zero-order valence-corrected chi connectivity index (χ0v) is 11.6. The molecule has 0 saturated carbocycles. The van der Waals surface area contributed by atoms with Crippen molar-refractivity contribution in [1.82, 2.24) is 4.31 Å². The van der Waals surface area contributed by atoms with E-state index in [2.05, 4.69) is 0 Å². The molecule has 1 aromatic rings. The van der Waals surface area contributed by atoms with Gasteiger partial charge in [-0.3, -0.25) is 0 Å². The predicted molar refractivity (Wildman–Crippen MR) is 71.4 cm³/mol. The van der Waals surface area contributed by atoms with Crippen molar-refractivity contribution in [2.24, 2.45) is 0 Å². The fourth-order valence-corrected chi connectivity index (χ4v) is 2.81. The van der Waals surface area contributed by atoms with Gasteiger partial charge in [-0.2, -0.15) is 0 Å². The minimum Gasteiger partial charge on any atom is -0.399 e. The van der Waals surface area contributed by atoms with E-state index in [4.69, 9.17) is 17.3 Å². The number of nitrogens with zero attached hydrogens (tertiary/aromatic N) is 1. The van der Waals surface area contributed by atoms with Gasteiger partial charge >= 0.3 is 0 Å². The average molecular weight is 277 g/mol. The van der Waals surface area contributed by atoms with Crippen LogP contribution >= 0.6 is 11.6 Å². The highest BCUT2D eigenvalue weighted by Crippen LogP contribution is 2.21. The van der Waals surface area contributed by atoms with E-state index >= 15 is 0 Å². The molecule has 0 saturated heterocycles. The van der Waals surface area contributed by atoms with Gasteiger partial charge in [0, 0.05) is 24.3 Å². The van der Waals surface area contributed by atoms with Crippen molar-refractivity contribution in [2.75, 3.05) is 18.5 Å². The van der Waals surface area contributed by atoms with E-state index in [1.807, 2.05) is 6.92 Å². The molecule has 96 valence electrons. The van der Waals surface area contributed by atoms with Gasteiger partial charge in [0.15, 0.2) is 0 Å². The zero-order valence-electron chi connectivity index (χ0n) is 9.98. The SMILES string of the molecule is CCCS(=O)(=O)N(C)Cc1cc(N)ccc1Cl. The van der Waals surface area contributed by atoms with Crippen LogP contribution < -0.4 is 5.73 Å². The number of sulfonamides is 1. The van der Waals surface area contributed by atoms with E-state index in [0.29, 0.717) is 22.7 Å². The second-order valence-corrected chi connectivity index (χ2v) is 6.53. The van der Waals surface area contributed by atoms with Crippen LogP contribution in [0.1, 0.15) is 18.9 Å². The summed E-state index contributed by atoms with van der Waals surface area (Å²) in [5.41, 5.74) is 6.94. The molecular formula is C11H17ClN2O2S. The Hall–Kier alpha value is -0.780. The summed E-state index contributed by atoms with van der Waals surface area (Å²) in [5, 5.41) is 0.526. The normalized spacial score (nSPS) is 12.0. The Morgan fingerprint density at radius 2 is 2.06 bits per heavy atom. The topological polar surface area (TPSA) is 63.4 Å². The number of hydrogen-bond donors (Lipinski definition) is 1. The Bertz CT molecular complexity index is 488. The van der Waals surface area contributed by atoms with Crippen LogP contribution in [-0.2, 0) is 16.6 Å². The van der Waals surface area contributed by atoms with E-state index in [-0.39, 0.29) is 12.3 Å². The van der Waals surface area contributed by atoms with Crippen LogP contribution in [-0.4, -0.2) is 25.5 Å². The van der Waals surface area contributed by atoms with Crippen molar-refractivity contribution < 1.29 is 8.42 Å². The Kier molecular flexibility index (Phi) is 4.80. The van der Waals surface area contributed by atoms with Crippen molar-refractivity contribution >= 4 is 27.3 Å². The third-order valence-electron chi connectivity index (χ3n) is 2.40. The highest BCUT2D eigenvalue weighted by Gasteiger charge is 2.17. The zero-order chi connectivity index (χ0) is 13.1. The smallest absolute Gasteiger partial charge is 0.214 e. The number of anilines is 1. The van der Waals surface area contributed by atoms with E-state index in [1.165, 1.54) is 4.31 Å². The highest BCUT2D eigenvalue weighted by molar-refractivity contribution is 7.89. The molecule has 0 atom stereocenters. The van der Waals surface area contributed by atoms with Crippen LogP contribution in [0.15, 0.2) is 18.2 Å². The summed E-state index contributed by atoms with van der Waals surface area (Å²) in [6, 6.07) is 5.05. The van der Waals surface area contributed by atoms with Crippen LogP contribution in [0.3, 0.4) is 0 Å². The lowest BCUT2D eigenvalue weighted by atomic mass is 10.2. The van der Waals surface area contributed by atoms with Crippen LogP contribution in [0, 0.1) is 0 Å². The minimum atomic E-state index is -3.20. The van der Waals surface area contributed by atoms with Gasteiger partial charge in [-0.15, -0.1) is 0 Å². The second kappa shape index (κ2) is 5.71. The number of nitrogen functional groups attached to an aromatic ring is 1. The third-order valence-corrected chi connectivity index (χ3v) is 4.77. The molecule has 4 nitrogen and oxygen atoms in total. The van der Waals surface area contributed by atoms with Crippen LogP contribution in [0.25, 0.3) is 0 Å². The molecule has 0 fully saturated rings. The largest absolute Gasteiger partial charge is 0.399 e. The lowest BCUT2D eigenvalue weighted by Gasteiger charge is -2.17. The van der Waals surface area contributed by atoms with Gasteiger partial charge in [-0.25, -0.2) is 12.7 Å². The standard InChI is InChI=1S/C11H17ClN2O2S/c1-3-6-17(15,16)14(2)8-9-7-10(13)4-5-11(9)12/h4-5,7H,3,6,8,13H2,1-2H3. The number of halogens is 1. The first-order chi connectivity index (χ1) is 7.86. The molecular weight excluding hydrogens is 260 g/mol. The van der Waals surface area contributed by atoms with E-state index in [0.717, 1.165) is 0 Å². The maximum absolute atomic E-state index is 11.8. The quantitative estimate of drug-likeness (QED) is 0.838. The van der Waals surface area contributed by atoms with Crippen molar-refractivity contribution in [3.05, 3.63) is 28.8 Å². The minimum absolute atomic E-state index is 0.142. The van der Waals surface area contributed by atoms with Gasteiger partial charge in [0.05, 0.1) is 5.75 Å². The molecule has 17 heavy (non-hydrogen) atoms. The first kappa shape index (κ1) is 14.3. The molecule has 6 heteroatoms. The maximum Gasteiger partial charge on any atom is 0.214 e. The molecule has 0 aliphatic rings. The average Bonchev–Trinajstić information content (AvgIpc) is 2.23. The molecule has 0 aliphatic heterocycles. The molecule has 2 N–H and O–H groups in total. The number of nitrogens with two attached hydrogens (primary N) is 1. The lowest BCUT2D eigenvalue weighted by molar-refractivity contribution is 0.466. The van der Waals surface area contributed by atoms with Gasteiger partial charge in [0.25, 0.3) is 0 Å². The first-order valence-electron chi connectivity index (χ1n) is 5.34. The molecule has 0 bridgehead atoms. The molecule has 1 rings (SSSR count). The summed E-state index contributed by atoms with van der Waals surface area (Å²) in [5.74, 6) is 0.142. The Morgan fingerprint density at radius 1 is 1.41 bits per heavy atom. The lowest BCUT2D eigenvalue weighted by Crippen LogP contribution is -2.28. The summed E-state index contributed by atoms with van der Waals surface area (Å²) < 4.78 is 24.9. The van der Waals surface area contributed by atoms with Crippen molar-refractivity contribution in [1.29, 1.82) is 0 Å². The Balaban J connectivity index is 2.88. The van der Waals surface area contributed by atoms with Crippen LogP contribution in [0.4, 0.5) is 5.69 Å². The van der Waals surface area contributed by atoms with Crippen molar-refractivity contribution in [3.8, 4) is 0 Å². The number of rotatable bonds is 5. The molecule has 0 amide bonds. The van der Waals surface area contributed by atoms with Crippen LogP contribution in [0.5, 0.6) is 0 Å². The number of hydrogen-bond acceptors (Lipinski definition) is 3. The summed E-state index contributed by atoms with van der Waals surface area (Å²) in [6.07, 6.45) is 0.595. The Labute approximate surface area is 107 Å². The van der Waals surface area contributed by atoms with E-state index in [1.54, 1.807) is 25.2 Å². The van der Waals surface area contributed by atoms with E-state index < -0.39 is 10.0 Å². The first-order valence-corrected chi connectivity index (χ1v) is 7.33. The maximum atomic E-state index is 11.8. The Morgan fingerprint density at radius 3 is 2.65 bits per heavy atom. The van der Waals surface area contributed by atoms with Crippen molar-refractivity contribution in [2.45, 2.75) is 19.9 Å². The van der Waals surface area contributed by atoms with Gasteiger partial charge in [0.1, 0.15) is 0 Å². The summed E-state index contributed by atoms with van der Waals surface area (Å²) in [4.78, 5) is 0. The molecule has 0 spiro atoms. The molecule has 0 radical (unpaired) electrons. The summed E-state index contributed by atoms with van der Waals surface area (Å²) in [7, 11) is -1.66. The van der Waals surface area contributed by atoms with Gasteiger partial charge in [0.2, 0.25) is 10.0 Å². The fraction of sp³-hybridized carbons (Fsp3) is 0.455. The van der Waals surface area contributed by atoms with Gasteiger partial charge in [-0.05, 0) is 30.2 Å².